The quantitative estimate of drug-likeness (QED) is 0.905. The summed E-state index contributed by atoms with van der Waals surface area (Å²) < 4.78 is 39.3. The van der Waals surface area contributed by atoms with Gasteiger partial charge in [-0.25, -0.2) is 0 Å². The van der Waals surface area contributed by atoms with Crippen molar-refractivity contribution in [3.63, 3.8) is 0 Å². The van der Waals surface area contributed by atoms with Gasteiger partial charge in [0.15, 0.2) is 0 Å². The molecule has 2 nitrogen and oxygen atoms in total. The van der Waals surface area contributed by atoms with Gasteiger partial charge in [-0.15, -0.1) is 11.3 Å². The van der Waals surface area contributed by atoms with E-state index in [-0.39, 0.29) is 12.5 Å². The van der Waals surface area contributed by atoms with Crippen LogP contribution in [0.1, 0.15) is 24.4 Å². The van der Waals surface area contributed by atoms with Gasteiger partial charge in [0.2, 0.25) is 0 Å². The van der Waals surface area contributed by atoms with E-state index in [4.69, 9.17) is 0 Å². The maximum Gasteiger partial charge on any atom is 0.389 e. The monoisotopic (exact) mass is 328 g/mol. The van der Waals surface area contributed by atoms with Crippen molar-refractivity contribution < 1.29 is 13.2 Å². The Balaban J connectivity index is 1.89. The first-order valence-corrected chi connectivity index (χ1v) is 8.40. The number of alkyl halides is 3. The summed E-state index contributed by atoms with van der Waals surface area (Å²) in [4.78, 5) is 2.19. The lowest BCUT2D eigenvalue weighted by Gasteiger charge is -2.35. The molecule has 1 aromatic heterocycles. The Hall–Kier alpha value is -1.11. The van der Waals surface area contributed by atoms with E-state index < -0.39 is 12.6 Å². The van der Waals surface area contributed by atoms with Crippen LogP contribution in [0.15, 0.2) is 29.6 Å². The smallest absolute Gasteiger partial charge is 0.314 e. The van der Waals surface area contributed by atoms with Gasteiger partial charge in [0.1, 0.15) is 0 Å². The number of rotatable bonds is 4. The average molecular weight is 328 g/mol. The standard InChI is InChI=1S/C16H19F3N2S/c17-16(18,19)6-5-14(21-9-7-20-8-10-21)13-11-22-15-4-2-1-3-12(13)15/h1-4,11,14,20H,5-10H2/t14-/m1/s1. The summed E-state index contributed by atoms with van der Waals surface area (Å²) in [6.45, 7) is 3.27. The lowest BCUT2D eigenvalue weighted by atomic mass is 9.98. The van der Waals surface area contributed by atoms with Crippen LogP contribution in [0.2, 0.25) is 0 Å². The maximum atomic E-state index is 12.7. The van der Waals surface area contributed by atoms with Gasteiger partial charge in [0.05, 0.1) is 0 Å². The van der Waals surface area contributed by atoms with E-state index in [1.54, 1.807) is 11.3 Å². The third-order valence-electron chi connectivity index (χ3n) is 4.16. The molecule has 0 unspecified atom stereocenters. The third-order valence-corrected chi connectivity index (χ3v) is 5.15. The van der Waals surface area contributed by atoms with E-state index in [1.807, 2.05) is 29.6 Å². The fraction of sp³-hybridized carbons (Fsp3) is 0.500. The predicted molar refractivity (Wildman–Crippen MR) is 84.3 cm³/mol. The number of fused-ring (bicyclic) bond motifs is 1. The van der Waals surface area contributed by atoms with Gasteiger partial charge in [-0.2, -0.15) is 13.2 Å². The molecule has 0 radical (unpaired) electrons. The molecule has 0 spiro atoms. The Morgan fingerprint density at radius 3 is 2.64 bits per heavy atom. The van der Waals surface area contributed by atoms with E-state index in [0.717, 1.165) is 41.8 Å². The van der Waals surface area contributed by atoms with Gasteiger partial charge in [0.25, 0.3) is 0 Å². The van der Waals surface area contributed by atoms with E-state index in [2.05, 4.69) is 10.2 Å². The van der Waals surface area contributed by atoms with Crippen molar-refractivity contribution in [1.82, 2.24) is 10.2 Å². The zero-order valence-corrected chi connectivity index (χ0v) is 13.0. The predicted octanol–water partition coefficient (Wildman–Crippen LogP) is 4.19. The Labute approximate surface area is 131 Å². The van der Waals surface area contributed by atoms with E-state index >= 15 is 0 Å². The molecule has 1 aliphatic heterocycles. The minimum Gasteiger partial charge on any atom is -0.314 e. The highest BCUT2D eigenvalue weighted by atomic mass is 32.1. The van der Waals surface area contributed by atoms with Gasteiger partial charge in [-0.05, 0) is 28.8 Å². The van der Waals surface area contributed by atoms with Gasteiger partial charge < -0.3 is 5.32 Å². The highest BCUT2D eigenvalue weighted by molar-refractivity contribution is 7.17. The summed E-state index contributed by atoms with van der Waals surface area (Å²) in [5.41, 5.74) is 1.05. The van der Waals surface area contributed by atoms with Crippen LogP contribution in [0.5, 0.6) is 0 Å². The molecule has 0 aliphatic carbocycles. The first kappa shape index (κ1) is 15.8. The van der Waals surface area contributed by atoms with E-state index in [9.17, 15) is 13.2 Å². The van der Waals surface area contributed by atoms with Gasteiger partial charge >= 0.3 is 6.18 Å². The van der Waals surface area contributed by atoms with Gasteiger partial charge in [-0.3, -0.25) is 4.90 Å². The van der Waals surface area contributed by atoms with Crippen molar-refractivity contribution in [3.05, 3.63) is 35.2 Å². The molecule has 1 atom stereocenters. The Bertz CT molecular complexity index is 617. The van der Waals surface area contributed by atoms with Gasteiger partial charge in [-0.1, -0.05) is 18.2 Å². The molecule has 6 heteroatoms. The molecular weight excluding hydrogens is 309 g/mol. The molecule has 2 heterocycles. The third kappa shape index (κ3) is 3.62. The molecule has 120 valence electrons. The number of thiophene rings is 1. The summed E-state index contributed by atoms with van der Waals surface area (Å²) >= 11 is 1.62. The fourth-order valence-corrected chi connectivity index (χ4v) is 4.09. The maximum absolute atomic E-state index is 12.7. The lowest BCUT2D eigenvalue weighted by molar-refractivity contribution is -0.138. The Morgan fingerprint density at radius 1 is 1.18 bits per heavy atom. The topological polar surface area (TPSA) is 15.3 Å². The highest BCUT2D eigenvalue weighted by Gasteiger charge is 2.32. The zero-order chi connectivity index (χ0) is 15.6. The number of hydrogen-bond acceptors (Lipinski definition) is 3. The number of piperazine rings is 1. The SMILES string of the molecule is FC(F)(F)CC[C@H](c1csc2ccccc12)N1CCNCC1. The van der Waals surface area contributed by atoms with Crippen LogP contribution >= 0.6 is 11.3 Å². The molecule has 0 amide bonds. The number of nitrogens with one attached hydrogen (secondary N) is 1. The van der Waals surface area contributed by atoms with Crippen molar-refractivity contribution in [2.45, 2.75) is 25.1 Å². The normalized spacial score (nSPS) is 18.7. The molecular formula is C16H19F3N2S. The number of halogens is 3. The van der Waals surface area contributed by atoms with Crippen molar-refractivity contribution in [2.75, 3.05) is 26.2 Å². The van der Waals surface area contributed by atoms with Crippen LogP contribution in [-0.4, -0.2) is 37.3 Å². The van der Waals surface area contributed by atoms with Crippen molar-refractivity contribution in [2.24, 2.45) is 0 Å². The molecule has 1 fully saturated rings. The summed E-state index contributed by atoms with van der Waals surface area (Å²) in [5.74, 6) is 0. The van der Waals surface area contributed by atoms with Crippen molar-refractivity contribution in [1.29, 1.82) is 0 Å². The molecule has 1 N–H and O–H groups in total. The highest BCUT2D eigenvalue weighted by Crippen LogP contribution is 2.37. The summed E-state index contributed by atoms with van der Waals surface area (Å²) in [6, 6.07) is 7.82. The molecule has 22 heavy (non-hydrogen) atoms. The minimum atomic E-state index is -4.10. The van der Waals surface area contributed by atoms with E-state index in [1.165, 1.54) is 0 Å². The van der Waals surface area contributed by atoms with Crippen LogP contribution in [0.3, 0.4) is 0 Å². The van der Waals surface area contributed by atoms with Crippen LogP contribution in [0, 0.1) is 0 Å². The molecule has 3 rings (SSSR count). The Kier molecular flexibility index (Phi) is 4.70. The molecule has 0 saturated carbocycles. The first-order chi connectivity index (χ1) is 10.5. The summed E-state index contributed by atoms with van der Waals surface area (Å²) in [6.07, 6.45) is -4.70. The van der Waals surface area contributed by atoms with Crippen LogP contribution in [0.25, 0.3) is 10.1 Å². The zero-order valence-electron chi connectivity index (χ0n) is 12.2. The van der Waals surface area contributed by atoms with E-state index in [0.29, 0.717) is 0 Å². The van der Waals surface area contributed by atoms with Crippen LogP contribution < -0.4 is 5.32 Å². The minimum absolute atomic E-state index is 0.129. The fourth-order valence-electron chi connectivity index (χ4n) is 3.09. The average Bonchev–Trinajstić information content (AvgIpc) is 2.92. The summed E-state index contributed by atoms with van der Waals surface area (Å²) in [7, 11) is 0. The lowest BCUT2D eigenvalue weighted by Crippen LogP contribution is -2.45. The molecule has 1 aliphatic rings. The van der Waals surface area contributed by atoms with Crippen LogP contribution in [-0.2, 0) is 0 Å². The number of benzene rings is 1. The number of hydrogen-bond donors (Lipinski definition) is 1. The molecule has 1 aromatic carbocycles. The van der Waals surface area contributed by atoms with Gasteiger partial charge in [0, 0.05) is 43.3 Å². The molecule has 1 saturated heterocycles. The molecule has 2 aromatic rings. The Morgan fingerprint density at radius 2 is 1.91 bits per heavy atom. The van der Waals surface area contributed by atoms with Crippen molar-refractivity contribution in [3.8, 4) is 0 Å². The second-order valence-corrected chi connectivity index (χ2v) is 6.55. The summed E-state index contributed by atoms with van der Waals surface area (Å²) in [5, 5.41) is 6.39. The van der Waals surface area contributed by atoms with Crippen molar-refractivity contribution >= 4 is 21.4 Å². The first-order valence-electron chi connectivity index (χ1n) is 7.52. The van der Waals surface area contributed by atoms with Crippen LogP contribution in [0.4, 0.5) is 13.2 Å². The molecule has 0 bridgehead atoms. The second-order valence-electron chi connectivity index (χ2n) is 5.64. The largest absolute Gasteiger partial charge is 0.389 e. The number of nitrogens with zero attached hydrogens (tertiary/aromatic N) is 1. The second kappa shape index (κ2) is 6.56.